The predicted octanol–water partition coefficient (Wildman–Crippen LogP) is 4.94. The van der Waals surface area contributed by atoms with E-state index in [-0.39, 0.29) is 36.6 Å². The van der Waals surface area contributed by atoms with E-state index in [9.17, 15) is 4.79 Å². The first-order chi connectivity index (χ1) is 12.2. The number of nitrogens with two attached hydrogens (primary N) is 1. The van der Waals surface area contributed by atoms with E-state index >= 15 is 0 Å². The van der Waals surface area contributed by atoms with E-state index in [1.165, 1.54) is 0 Å². The average molecular weight is 437 g/mol. The fourth-order valence-electron chi connectivity index (χ4n) is 3.40. The lowest BCUT2D eigenvalue weighted by molar-refractivity contribution is -0.132. The first kappa shape index (κ1) is 24.0. The molecule has 0 atom stereocenters. The zero-order valence-electron chi connectivity index (χ0n) is 15.4. The van der Waals surface area contributed by atoms with Crippen LogP contribution in [0.4, 0.5) is 0 Å². The molecule has 0 spiro atoms. The Bertz CT molecular complexity index is 715. The van der Waals surface area contributed by atoms with Gasteiger partial charge in [0.2, 0.25) is 5.91 Å². The third-order valence-corrected chi connectivity index (χ3v) is 5.14. The Balaban J connectivity index is 0.00000182. The predicted molar refractivity (Wildman–Crippen MR) is 114 cm³/mol. The average Bonchev–Trinajstić information content (AvgIpc) is 3.04. The Kier molecular flexibility index (Phi) is 10.5. The SMILES string of the molecule is Cl.Cl.NCCCCCCC(=O)N1CCC(c2nc3cc(Cl)ccc3o2)CC1. The van der Waals surface area contributed by atoms with Gasteiger partial charge in [-0.15, -0.1) is 24.8 Å². The van der Waals surface area contributed by atoms with Crippen LogP contribution in [0.3, 0.4) is 0 Å². The van der Waals surface area contributed by atoms with Gasteiger partial charge in [-0.25, -0.2) is 4.98 Å². The van der Waals surface area contributed by atoms with Gasteiger partial charge in [-0.3, -0.25) is 4.79 Å². The lowest BCUT2D eigenvalue weighted by Crippen LogP contribution is -2.37. The molecule has 0 bridgehead atoms. The monoisotopic (exact) mass is 435 g/mol. The minimum atomic E-state index is 0. The van der Waals surface area contributed by atoms with Crippen LogP contribution in [0.15, 0.2) is 22.6 Å². The fourth-order valence-corrected chi connectivity index (χ4v) is 3.57. The highest BCUT2D eigenvalue weighted by atomic mass is 35.5. The largest absolute Gasteiger partial charge is 0.440 e. The van der Waals surface area contributed by atoms with E-state index in [2.05, 4.69) is 4.98 Å². The smallest absolute Gasteiger partial charge is 0.222 e. The van der Waals surface area contributed by atoms with Crippen molar-refractivity contribution in [1.82, 2.24) is 9.88 Å². The number of likely N-dealkylation sites (tertiary alicyclic amines) is 1. The Morgan fingerprint density at radius 3 is 2.59 bits per heavy atom. The molecule has 1 fully saturated rings. The number of amides is 1. The van der Waals surface area contributed by atoms with Crippen LogP contribution in [-0.4, -0.2) is 35.4 Å². The molecule has 2 aromatic rings. The van der Waals surface area contributed by atoms with Gasteiger partial charge in [0.1, 0.15) is 5.52 Å². The number of nitrogens with zero attached hydrogens (tertiary/aromatic N) is 2. The minimum Gasteiger partial charge on any atom is -0.440 e. The van der Waals surface area contributed by atoms with E-state index in [1.807, 2.05) is 23.1 Å². The van der Waals surface area contributed by atoms with Crippen molar-refractivity contribution in [1.29, 1.82) is 0 Å². The summed E-state index contributed by atoms with van der Waals surface area (Å²) in [6.07, 6.45) is 6.67. The first-order valence-corrected chi connectivity index (χ1v) is 9.59. The van der Waals surface area contributed by atoms with E-state index in [0.29, 0.717) is 11.4 Å². The van der Waals surface area contributed by atoms with Gasteiger partial charge < -0.3 is 15.1 Å². The third kappa shape index (κ3) is 6.53. The molecule has 1 aliphatic heterocycles. The summed E-state index contributed by atoms with van der Waals surface area (Å²) in [6, 6.07) is 5.50. The molecule has 2 N–H and O–H groups in total. The van der Waals surface area contributed by atoms with Crippen molar-refractivity contribution < 1.29 is 9.21 Å². The standard InChI is InChI=1S/C19H26ClN3O2.2ClH/c20-15-6-7-17-16(13-15)22-19(25-17)14-8-11-23(12-9-14)18(24)5-3-1-2-4-10-21;;/h6-7,13-14H,1-5,8-12,21H2;2*1H. The molecule has 1 saturated heterocycles. The number of rotatable bonds is 7. The summed E-state index contributed by atoms with van der Waals surface area (Å²) in [7, 11) is 0. The number of halogens is 3. The molecule has 1 amide bonds. The minimum absolute atomic E-state index is 0. The van der Waals surface area contributed by atoms with Crippen LogP contribution in [0.2, 0.25) is 5.02 Å². The second-order valence-electron chi connectivity index (χ2n) is 6.77. The fraction of sp³-hybridized carbons (Fsp3) is 0.579. The number of oxazole rings is 1. The number of fused-ring (bicyclic) bond motifs is 1. The molecule has 3 rings (SSSR count). The van der Waals surface area contributed by atoms with Crippen molar-refractivity contribution in [2.24, 2.45) is 5.73 Å². The molecule has 5 nitrogen and oxygen atoms in total. The normalized spacial score (nSPS) is 14.7. The maximum atomic E-state index is 12.3. The molecule has 0 saturated carbocycles. The van der Waals surface area contributed by atoms with Crippen molar-refractivity contribution in [3.8, 4) is 0 Å². The number of carbonyl (C=O) groups excluding carboxylic acids is 1. The van der Waals surface area contributed by atoms with Gasteiger partial charge in [0, 0.05) is 30.5 Å². The second kappa shape index (κ2) is 11.7. The third-order valence-electron chi connectivity index (χ3n) is 4.91. The summed E-state index contributed by atoms with van der Waals surface area (Å²) in [5.41, 5.74) is 7.06. The van der Waals surface area contributed by atoms with Crippen molar-refractivity contribution in [3.63, 3.8) is 0 Å². The van der Waals surface area contributed by atoms with E-state index < -0.39 is 0 Å². The number of benzene rings is 1. The first-order valence-electron chi connectivity index (χ1n) is 9.21. The summed E-state index contributed by atoms with van der Waals surface area (Å²) in [4.78, 5) is 18.9. The second-order valence-corrected chi connectivity index (χ2v) is 7.21. The van der Waals surface area contributed by atoms with Crippen molar-refractivity contribution in [3.05, 3.63) is 29.1 Å². The van der Waals surface area contributed by atoms with Gasteiger partial charge in [-0.1, -0.05) is 24.4 Å². The number of carbonyl (C=O) groups is 1. The number of piperidine rings is 1. The zero-order chi connectivity index (χ0) is 17.6. The maximum Gasteiger partial charge on any atom is 0.222 e. The molecule has 0 aliphatic carbocycles. The highest BCUT2D eigenvalue weighted by Gasteiger charge is 2.26. The van der Waals surface area contributed by atoms with Crippen LogP contribution in [0, 0.1) is 0 Å². The summed E-state index contributed by atoms with van der Waals surface area (Å²) in [5, 5.41) is 0.666. The molecule has 0 radical (unpaired) electrons. The topological polar surface area (TPSA) is 72.4 Å². The number of unbranched alkanes of at least 4 members (excludes halogenated alkanes) is 3. The number of hydrogen-bond acceptors (Lipinski definition) is 4. The van der Waals surface area contributed by atoms with Gasteiger partial charge in [-0.05, 0) is 50.4 Å². The Morgan fingerprint density at radius 1 is 1.19 bits per heavy atom. The quantitative estimate of drug-likeness (QED) is 0.624. The van der Waals surface area contributed by atoms with Gasteiger partial charge in [0.15, 0.2) is 11.5 Å². The molecule has 8 heteroatoms. The molecule has 1 aliphatic rings. The molecule has 152 valence electrons. The summed E-state index contributed by atoms with van der Waals surface area (Å²) in [6.45, 7) is 2.31. The van der Waals surface area contributed by atoms with Gasteiger partial charge >= 0.3 is 0 Å². The number of hydrogen-bond donors (Lipinski definition) is 1. The lowest BCUT2D eigenvalue weighted by Gasteiger charge is -2.30. The van der Waals surface area contributed by atoms with Crippen LogP contribution >= 0.6 is 36.4 Å². The van der Waals surface area contributed by atoms with E-state index in [0.717, 1.165) is 75.1 Å². The zero-order valence-corrected chi connectivity index (χ0v) is 17.8. The molecular formula is C19H28Cl3N3O2. The van der Waals surface area contributed by atoms with Crippen LogP contribution in [0.1, 0.15) is 56.8 Å². The van der Waals surface area contributed by atoms with Crippen LogP contribution in [-0.2, 0) is 4.79 Å². The molecule has 2 heterocycles. The van der Waals surface area contributed by atoms with Crippen molar-refractivity contribution >= 4 is 53.4 Å². The van der Waals surface area contributed by atoms with Gasteiger partial charge in [-0.2, -0.15) is 0 Å². The van der Waals surface area contributed by atoms with Crippen LogP contribution < -0.4 is 5.73 Å². The van der Waals surface area contributed by atoms with Crippen LogP contribution in [0.5, 0.6) is 0 Å². The Morgan fingerprint density at radius 2 is 1.89 bits per heavy atom. The molecular weight excluding hydrogens is 409 g/mol. The Hall–Kier alpha value is -1.01. The molecule has 1 aromatic heterocycles. The molecule has 0 unspecified atom stereocenters. The summed E-state index contributed by atoms with van der Waals surface area (Å²) in [5.74, 6) is 1.32. The lowest BCUT2D eigenvalue weighted by atomic mass is 9.96. The summed E-state index contributed by atoms with van der Waals surface area (Å²) < 4.78 is 5.88. The molecule has 1 aromatic carbocycles. The number of aromatic nitrogens is 1. The van der Waals surface area contributed by atoms with Gasteiger partial charge in [0.25, 0.3) is 0 Å². The van der Waals surface area contributed by atoms with Gasteiger partial charge in [0.05, 0.1) is 0 Å². The van der Waals surface area contributed by atoms with E-state index in [4.69, 9.17) is 21.8 Å². The maximum absolute atomic E-state index is 12.3. The highest BCUT2D eigenvalue weighted by Crippen LogP contribution is 2.31. The van der Waals surface area contributed by atoms with Crippen LogP contribution in [0.25, 0.3) is 11.1 Å². The van der Waals surface area contributed by atoms with E-state index in [1.54, 1.807) is 0 Å². The highest BCUT2D eigenvalue weighted by molar-refractivity contribution is 6.31. The molecule has 27 heavy (non-hydrogen) atoms. The van der Waals surface area contributed by atoms with Crippen molar-refractivity contribution in [2.75, 3.05) is 19.6 Å². The summed E-state index contributed by atoms with van der Waals surface area (Å²) >= 11 is 6.01. The Labute approximate surface area is 177 Å². The van der Waals surface area contributed by atoms with Crippen molar-refractivity contribution in [2.45, 2.75) is 50.9 Å².